The number of aromatic nitrogens is 2. The Balaban J connectivity index is 2.03. The van der Waals surface area contributed by atoms with Crippen LogP contribution in [0.2, 0.25) is 0 Å². The van der Waals surface area contributed by atoms with Gasteiger partial charge in [-0.3, -0.25) is 0 Å². The fraction of sp³-hybridized carbons (Fsp3) is 0.389. The second-order valence-electron chi connectivity index (χ2n) is 5.79. The molecule has 1 atom stereocenters. The molecule has 0 fully saturated rings. The van der Waals surface area contributed by atoms with Crippen LogP contribution in [0.15, 0.2) is 30.3 Å². The first-order chi connectivity index (χ1) is 12.7. The molecule has 26 heavy (non-hydrogen) atoms. The van der Waals surface area contributed by atoms with Crippen LogP contribution < -0.4 is 21.3 Å². The van der Waals surface area contributed by atoms with Crippen LogP contribution in [0.3, 0.4) is 0 Å². The molecule has 1 aromatic heterocycles. The van der Waals surface area contributed by atoms with Gasteiger partial charge in [-0.1, -0.05) is 19.4 Å². The summed E-state index contributed by atoms with van der Waals surface area (Å²) in [5.41, 5.74) is 4.19. The van der Waals surface area contributed by atoms with E-state index in [0.29, 0.717) is 29.4 Å². The molecule has 0 aliphatic heterocycles. The number of aliphatic hydroxyl groups is 1. The number of unbranched alkanes of at least 4 members (excludes halogenated alkanes) is 1. The van der Waals surface area contributed by atoms with Crippen molar-refractivity contribution in [3.63, 3.8) is 0 Å². The molecule has 0 bridgehead atoms. The summed E-state index contributed by atoms with van der Waals surface area (Å²) in [5.74, 6) is 6.14. The molecule has 0 radical (unpaired) electrons. The van der Waals surface area contributed by atoms with Crippen LogP contribution in [0.1, 0.15) is 25.3 Å². The van der Waals surface area contributed by atoms with E-state index in [4.69, 9.17) is 10.6 Å². The van der Waals surface area contributed by atoms with Gasteiger partial charge in [0.1, 0.15) is 24.5 Å². The number of nitrogens with two attached hydrogens (primary N) is 1. The van der Waals surface area contributed by atoms with Crippen molar-refractivity contribution in [3.05, 3.63) is 35.9 Å². The van der Waals surface area contributed by atoms with E-state index < -0.39 is 6.10 Å². The summed E-state index contributed by atoms with van der Waals surface area (Å²) >= 11 is 0. The van der Waals surface area contributed by atoms with Crippen LogP contribution in [0.25, 0.3) is 11.3 Å². The Morgan fingerprint density at radius 2 is 2.15 bits per heavy atom. The van der Waals surface area contributed by atoms with E-state index in [0.717, 1.165) is 24.9 Å². The maximum Gasteiger partial charge on any atom is 0.162 e. The Morgan fingerprint density at radius 1 is 1.31 bits per heavy atom. The van der Waals surface area contributed by atoms with Gasteiger partial charge in [0.05, 0.1) is 11.3 Å². The summed E-state index contributed by atoms with van der Waals surface area (Å²) in [4.78, 5) is 0. The Kier molecular flexibility index (Phi) is 7.76. The number of nitrogens with one attached hydrogen (secondary N) is 2. The largest absolute Gasteiger partial charge is 0.489 e. The van der Waals surface area contributed by atoms with Crippen molar-refractivity contribution in [2.24, 2.45) is 5.84 Å². The van der Waals surface area contributed by atoms with Crippen LogP contribution >= 0.6 is 0 Å². The monoisotopic (exact) mass is 356 g/mol. The summed E-state index contributed by atoms with van der Waals surface area (Å²) in [6, 6.07) is 10.7. The quantitative estimate of drug-likeness (QED) is 0.286. The Labute approximate surface area is 153 Å². The van der Waals surface area contributed by atoms with E-state index in [-0.39, 0.29) is 6.61 Å². The van der Waals surface area contributed by atoms with Crippen LogP contribution in [-0.2, 0) is 0 Å². The zero-order chi connectivity index (χ0) is 18.8. The van der Waals surface area contributed by atoms with E-state index in [1.165, 1.54) is 0 Å². The van der Waals surface area contributed by atoms with Gasteiger partial charge in [0, 0.05) is 12.1 Å². The van der Waals surface area contributed by atoms with Crippen LogP contribution in [-0.4, -0.2) is 41.1 Å². The number of nitriles is 1. The number of ether oxygens (including phenoxy) is 1. The van der Waals surface area contributed by atoms with Gasteiger partial charge in [0.25, 0.3) is 0 Å². The van der Waals surface area contributed by atoms with Crippen molar-refractivity contribution in [2.75, 3.05) is 25.1 Å². The Hall–Kier alpha value is -2.73. The van der Waals surface area contributed by atoms with Crippen LogP contribution in [0.5, 0.6) is 5.75 Å². The fourth-order valence-electron chi connectivity index (χ4n) is 2.27. The average Bonchev–Trinajstić information content (AvgIpc) is 2.69. The smallest absolute Gasteiger partial charge is 0.162 e. The standard InChI is InChI=1S/C18H24N6O2/c1-2-3-8-21-11-15(25)12-26-17-9-13(4-5-14(17)10-19)16-6-7-18(22-20)24-23-16/h4-7,9,15,21,25H,2-3,8,11-12,20H2,1H3,(H,22,24). The minimum absolute atomic E-state index is 0.0962. The van der Waals surface area contributed by atoms with E-state index >= 15 is 0 Å². The van der Waals surface area contributed by atoms with E-state index in [1.807, 2.05) is 0 Å². The molecule has 0 aliphatic carbocycles. The molecule has 0 amide bonds. The first-order valence-electron chi connectivity index (χ1n) is 8.54. The number of benzene rings is 1. The van der Waals surface area contributed by atoms with Crippen molar-refractivity contribution in [1.82, 2.24) is 15.5 Å². The van der Waals surface area contributed by atoms with Gasteiger partial charge < -0.3 is 20.6 Å². The third-order valence-electron chi connectivity index (χ3n) is 3.73. The Morgan fingerprint density at radius 3 is 2.81 bits per heavy atom. The number of rotatable bonds is 10. The summed E-state index contributed by atoms with van der Waals surface area (Å²) in [6.07, 6.45) is 1.51. The lowest BCUT2D eigenvalue weighted by atomic mass is 10.1. The molecule has 1 heterocycles. The third kappa shape index (κ3) is 5.67. The first-order valence-corrected chi connectivity index (χ1v) is 8.54. The molecule has 0 saturated heterocycles. The second kappa shape index (κ2) is 10.3. The topological polar surface area (TPSA) is 129 Å². The van der Waals surface area contributed by atoms with Crippen molar-refractivity contribution in [2.45, 2.75) is 25.9 Å². The lowest BCUT2D eigenvalue weighted by Gasteiger charge is -2.14. The maximum absolute atomic E-state index is 10.0. The number of hydrazine groups is 1. The van der Waals surface area contributed by atoms with Crippen LogP contribution in [0, 0.1) is 11.3 Å². The number of hydrogen-bond donors (Lipinski definition) is 4. The van der Waals surface area contributed by atoms with E-state index in [2.05, 4.69) is 33.9 Å². The zero-order valence-electron chi connectivity index (χ0n) is 14.8. The number of hydrogen-bond acceptors (Lipinski definition) is 8. The molecule has 0 aliphatic rings. The highest BCUT2D eigenvalue weighted by Crippen LogP contribution is 2.26. The lowest BCUT2D eigenvalue weighted by molar-refractivity contribution is 0.106. The van der Waals surface area contributed by atoms with Gasteiger partial charge in [0.15, 0.2) is 5.82 Å². The predicted octanol–water partition coefficient (Wildman–Crippen LogP) is 1.43. The van der Waals surface area contributed by atoms with Crippen molar-refractivity contribution < 1.29 is 9.84 Å². The fourth-order valence-corrected chi connectivity index (χ4v) is 2.27. The molecule has 8 heteroatoms. The van der Waals surface area contributed by atoms with Crippen molar-refractivity contribution in [1.29, 1.82) is 5.26 Å². The normalized spacial score (nSPS) is 11.6. The Bertz CT molecular complexity index is 729. The lowest BCUT2D eigenvalue weighted by Crippen LogP contribution is -2.32. The van der Waals surface area contributed by atoms with E-state index in [1.54, 1.807) is 30.3 Å². The van der Waals surface area contributed by atoms with Gasteiger partial charge in [-0.25, -0.2) is 5.84 Å². The van der Waals surface area contributed by atoms with Crippen LogP contribution in [0.4, 0.5) is 5.82 Å². The van der Waals surface area contributed by atoms with Gasteiger partial charge in [0.2, 0.25) is 0 Å². The highest BCUT2D eigenvalue weighted by Gasteiger charge is 2.11. The molecule has 1 unspecified atom stereocenters. The van der Waals surface area contributed by atoms with Crippen molar-refractivity contribution >= 4 is 5.82 Å². The molecule has 0 saturated carbocycles. The summed E-state index contributed by atoms with van der Waals surface area (Å²) in [7, 11) is 0. The first kappa shape index (κ1) is 19.6. The average molecular weight is 356 g/mol. The number of anilines is 1. The van der Waals surface area contributed by atoms with E-state index in [9.17, 15) is 10.4 Å². The second-order valence-corrected chi connectivity index (χ2v) is 5.79. The number of aliphatic hydroxyl groups excluding tert-OH is 1. The minimum atomic E-state index is -0.656. The zero-order valence-corrected chi connectivity index (χ0v) is 14.8. The molecule has 8 nitrogen and oxygen atoms in total. The number of nitrogens with zero attached hydrogens (tertiary/aromatic N) is 3. The highest BCUT2D eigenvalue weighted by atomic mass is 16.5. The summed E-state index contributed by atoms with van der Waals surface area (Å²) in [6.45, 7) is 3.51. The van der Waals surface area contributed by atoms with Gasteiger partial charge in [-0.15, -0.1) is 10.2 Å². The maximum atomic E-state index is 10.0. The molecule has 0 spiro atoms. The molecule has 2 rings (SSSR count). The minimum Gasteiger partial charge on any atom is -0.489 e. The number of nitrogen functional groups attached to an aromatic ring is 1. The summed E-state index contributed by atoms with van der Waals surface area (Å²) in [5, 5.41) is 30.4. The molecular formula is C18H24N6O2. The molecular weight excluding hydrogens is 332 g/mol. The molecule has 1 aromatic carbocycles. The predicted molar refractivity (Wildman–Crippen MR) is 99.3 cm³/mol. The summed E-state index contributed by atoms with van der Waals surface area (Å²) < 4.78 is 5.66. The van der Waals surface area contributed by atoms with Gasteiger partial charge in [-0.2, -0.15) is 5.26 Å². The highest BCUT2D eigenvalue weighted by molar-refractivity contribution is 5.64. The molecule has 2 aromatic rings. The van der Waals surface area contributed by atoms with Gasteiger partial charge in [-0.05, 0) is 37.2 Å². The van der Waals surface area contributed by atoms with Crippen molar-refractivity contribution in [3.8, 4) is 23.1 Å². The molecule has 138 valence electrons. The SMILES string of the molecule is CCCCNCC(O)COc1cc(-c2ccc(NN)nn2)ccc1C#N. The molecule has 5 N–H and O–H groups in total. The van der Waals surface area contributed by atoms with Gasteiger partial charge >= 0.3 is 0 Å². The third-order valence-corrected chi connectivity index (χ3v) is 3.73.